The first kappa shape index (κ1) is 25.0. The van der Waals surface area contributed by atoms with Gasteiger partial charge in [-0.1, -0.05) is 71.3 Å². The number of hydrogen-bond acceptors (Lipinski definition) is 8. The summed E-state index contributed by atoms with van der Waals surface area (Å²) in [4.78, 5) is 13.4. The van der Waals surface area contributed by atoms with Crippen LogP contribution in [0.25, 0.3) is 0 Å². The van der Waals surface area contributed by atoms with Gasteiger partial charge >= 0.3 is 5.97 Å². The van der Waals surface area contributed by atoms with Gasteiger partial charge in [0.1, 0.15) is 19.3 Å². The Balaban J connectivity index is 1.45. The first-order chi connectivity index (χ1) is 18.5. The van der Waals surface area contributed by atoms with Crippen LogP contribution >= 0.6 is 0 Å². The van der Waals surface area contributed by atoms with Gasteiger partial charge in [0.25, 0.3) is 0 Å². The molecule has 1 aliphatic rings. The first-order valence-corrected chi connectivity index (χ1v) is 12.4. The minimum absolute atomic E-state index is 0.154. The molecular formula is C29H29N5O4. The molecule has 1 unspecified atom stereocenters. The van der Waals surface area contributed by atoms with Crippen molar-refractivity contribution in [1.82, 2.24) is 20.2 Å². The van der Waals surface area contributed by atoms with E-state index < -0.39 is 12.0 Å². The predicted octanol–water partition coefficient (Wildman–Crippen LogP) is 4.99. The van der Waals surface area contributed by atoms with Crippen molar-refractivity contribution >= 4 is 11.9 Å². The van der Waals surface area contributed by atoms with Crippen molar-refractivity contribution in [3.05, 3.63) is 106 Å². The molecule has 4 aromatic rings. The van der Waals surface area contributed by atoms with E-state index in [1.54, 1.807) is 4.68 Å². The summed E-state index contributed by atoms with van der Waals surface area (Å²) in [6.07, 6.45) is 0. The molecule has 0 amide bonds. The van der Waals surface area contributed by atoms with E-state index in [1.807, 2.05) is 87.5 Å². The standard InChI is InChI=1S/C29H29N5O4/c1-4-36-25-16-23(13-14-24(25)37-18-22-12-8-9-19(2)15-22)27-26(20(3)30-29-31-32-33-34(27)29)28(35)38-17-21-10-6-5-7-11-21/h5-16,27H,4,17-18H2,1-3H3,(H,30,31,33). The maximum absolute atomic E-state index is 13.4. The van der Waals surface area contributed by atoms with Gasteiger partial charge in [-0.25, -0.2) is 4.79 Å². The van der Waals surface area contributed by atoms with Gasteiger partial charge in [0, 0.05) is 5.70 Å². The number of esters is 1. The molecule has 9 heteroatoms. The number of tetrazole rings is 1. The molecular weight excluding hydrogens is 482 g/mol. The van der Waals surface area contributed by atoms with Crippen molar-refractivity contribution in [3.8, 4) is 11.5 Å². The number of nitrogens with zero attached hydrogens (tertiary/aromatic N) is 4. The summed E-state index contributed by atoms with van der Waals surface area (Å²) >= 11 is 0. The Morgan fingerprint density at radius 1 is 0.921 bits per heavy atom. The van der Waals surface area contributed by atoms with Gasteiger partial charge in [-0.2, -0.15) is 4.68 Å². The van der Waals surface area contributed by atoms with Crippen LogP contribution in [0.4, 0.5) is 5.95 Å². The van der Waals surface area contributed by atoms with Gasteiger partial charge in [0.15, 0.2) is 11.5 Å². The van der Waals surface area contributed by atoms with Crippen molar-refractivity contribution in [1.29, 1.82) is 0 Å². The molecule has 0 aliphatic carbocycles. The third kappa shape index (κ3) is 5.36. The number of anilines is 1. The van der Waals surface area contributed by atoms with Crippen molar-refractivity contribution in [2.24, 2.45) is 0 Å². The molecule has 2 heterocycles. The second kappa shape index (κ2) is 11.2. The van der Waals surface area contributed by atoms with Gasteiger partial charge in [-0.3, -0.25) is 0 Å². The summed E-state index contributed by atoms with van der Waals surface area (Å²) in [5.74, 6) is 1.16. The molecule has 0 radical (unpaired) electrons. The van der Waals surface area contributed by atoms with Crippen LogP contribution in [0.5, 0.6) is 11.5 Å². The van der Waals surface area contributed by atoms with Crippen molar-refractivity contribution in [2.75, 3.05) is 11.9 Å². The lowest BCUT2D eigenvalue weighted by Crippen LogP contribution is -2.29. The molecule has 9 nitrogen and oxygen atoms in total. The average molecular weight is 512 g/mol. The fourth-order valence-electron chi connectivity index (χ4n) is 4.43. The van der Waals surface area contributed by atoms with Crippen LogP contribution in [0.3, 0.4) is 0 Å². The molecule has 1 atom stereocenters. The highest BCUT2D eigenvalue weighted by Crippen LogP contribution is 2.39. The van der Waals surface area contributed by atoms with E-state index >= 15 is 0 Å². The number of carbonyl (C=O) groups excluding carboxylic acids is 1. The zero-order chi connectivity index (χ0) is 26.5. The molecule has 194 valence electrons. The minimum atomic E-state index is -0.616. The van der Waals surface area contributed by atoms with Crippen LogP contribution in [0, 0.1) is 6.92 Å². The SMILES string of the molecule is CCOc1cc(C2C(C(=O)OCc3ccccc3)=C(C)Nc3nnnn32)ccc1OCc1cccc(C)c1. The zero-order valence-electron chi connectivity index (χ0n) is 21.5. The highest BCUT2D eigenvalue weighted by molar-refractivity contribution is 5.92. The topological polar surface area (TPSA) is 100 Å². The second-order valence-electron chi connectivity index (χ2n) is 8.99. The molecule has 0 bridgehead atoms. The number of allylic oxidation sites excluding steroid dienone is 1. The smallest absolute Gasteiger partial charge is 0.338 e. The largest absolute Gasteiger partial charge is 0.490 e. The summed E-state index contributed by atoms with van der Waals surface area (Å²) in [6, 6.07) is 22.7. The van der Waals surface area contributed by atoms with Crippen LogP contribution in [0.2, 0.25) is 0 Å². The molecule has 0 spiro atoms. The van der Waals surface area contributed by atoms with Crippen molar-refractivity contribution in [2.45, 2.75) is 40.0 Å². The van der Waals surface area contributed by atoms with Crippen LogP contribution in [-0.4, -0.2) is 32.8 Å². The number of fused-ring (bicyclic) bond motifs is 1. The summed E-state index contributed by atoms with van der Waals surface area (Å²) in [6.45, 7) is 6.79. The summed E-state index contributed by atoms with van der Waals surface area (Å²) in [7, 11) is 0. The second-order valence-corrected chi connectivity index (χ2v) is 8.99. The number of carbonyl (C=O) groups is 1. The lowest BCUT2D eigenvalue weighted by atomic mass is 9.95. The molecule has 1 N–H and O–H groups in total. The third-order valence-corrected chi connectivity index (χ3v) is 6.21. The number of rotatable bonds is 9. The number of aryl methyl sites for hydroxylation is 1. The molecule has 1 aliphatic heterocycles. The van der Waals surface area contributed by atoms with Gasteiger partial charge in [-0.05, 0) is 60.0 Å². The average Bonchev–Trinajstić information content (AvgIpc) is 3.39. The van der Waals surface area contributed by atoms with Gasteiger partial charge < -0.3 is 19.5 Å². The zero-order valence-corrected chi connectivity index (χ0v) is 21.5. The number of aromatic nitrogens is 4. The maximum Gasteiger partial charge on any atom is 0.338 e. The van der Waals surface area contributed by atoms with Gasteiger partial charge in [-0.15, -0.1) is 0 Å². The molecule has 0 fully saturated rings. The van der Waals surface area contributed by atoms with E-state index in [2.05, 4.69) is 26.9 Å². The van der Waals surface area contributed by atoms with E-state index in [-0.39, 0.29) is 6.61 Å². The minimum Gasteiger partial charge on any atom is -0.490 e. The fourth-order valence-corrected chi connectivity index (χ4v) is 4.43. The van der Waals surface area contributed by atoms with Crippen molar-refractivity contribution < 1.29 is 19.0 Å². The molecule has 1 aromatic heterocycles. The van der Waals surface area contributed by atoms with Gasteiger partial charge in [0.05, 0.1) is 12.2 Å². The first-order valence-electron chi connectivity index (χ1n) is 12.4. The third-order valence-electron chi connectivity index (χ3n) is 6.21. The van der Waals surface area contributed by atoms with E-state index in [4.69, 9.17) is 14.2 Å². The van der Waals surface area contributed by atoms with E-state index in [0.717, 1.165) is 16.7 Å². The van der Waals surface area contributed by atoms with Crippen LogP contribution in [0.15, 0.2) is 84.1 Å². The molecule has 0 saturated carbocycles. The van der Waals surface area contributed by atoms with Crippen LogP contribution < -0.4 is 14.8 Å². The quantitative estimate of drug-likeness (QED) is 0.314. The number of nitrogens with one attached hydrogen (secondary N) is 1. The molecule has 3 aromatic carbocycles. The van der Waals surface area contributed by atoms with E-state index in [1.165, 1.54) is 5.56 Å². The Kier molecular flexibility index (Phi) is 7.35. The Morgan fingerprint density at radius 2 is 1.74 bits per heavy atom. The summed E-state index contributed by atoms with van der Waals surface area (Å²) in [5.41, 5.74) is 4.93. The maximum atomic E-state index is 13.4. The molecule has 0 saturated heterocycles. The highest BCUT2D eigenvalue weighted by Gasteiger charge is 2.35. The monoisotopic (exact) mass is 511 g/mol. The number of ether oxygens (including phenoxy) is 3. The Hall–Kier alpha value is -4.66. The Bertz CT molecular complexity index is 1460. The predicted molar refractivity (Wildman–Crippen MR) is 142 cm³/mol. The fraction of sp³-hybridized carbons (Fsp3) is 0.241. The lowest BCUT2D eigenvalue weighted by Gasteiger charge is -2.28. The number of benzene rings is 3. The van der Waals surface area contributed by atoms with E-state index in [9.17, 15) is 4.79 Å². The summed E-state index contributed by atoms with van der Waals surface area (Å²) in [5, 5.41) is 15.2. The highest BCUT2D eigenvalue weighted by atomic mass is 16.5. The number of hydrogen-bond donors (Lipinski definition) is 1. The van der Waals surface area contributed by atoms with Crippen molar-refractivity contribution in [3.63, 3.8) is 0 Å². The Morgan fingerprint density at radius 3 is 2.53 bits per heavy atom. The normalized spacial score (nSPS) is 14.4. The van der Waals surface area contributed by atoms with Crippen LogP contribution in [-0.2, 0) is 22.7 Å². The van der Waals surface area contributed by atoms with E-state index in [0.29, 0.717) is 41.9 Å². The summed E-state index contributed by atoms with van der Waals surface area (Å²) < 4.78 is 19.3. The lowest BCUT2D eigenvalue weighted by molar-refractivity contribution is -0.140. The van der Waals surface area contributed by atoms with Gasteiger partial charge in [0.2, 0.25) is 5.95 Å². The molecule has 38 heavy (non-hydrogen) atoms. The Labute approximate surface area is 221 Å². The van der Waals surface area contributed by atoms with Crippen LogP contribution in [0.1, 0.15) is 42.1 Å². The molecule has 5 rings (SSSR count).